The van der Waals surface area contributed by atoms with Crippen LogP contribution in [-0.4, -0.2) is 56.8 Å². The van der Waals surface area contributed by atoms with Crippen molar-refractivity contribution < 1.29 is 19.4 Å². The number of fused-ring (bicyclic) bond motifs is 2. The van der Waals surface area contributed by atoms with Crippen LogP contribution in [0.5, 0.6) is 5.75 Å². The van der Waals surface area contributed by atoms with Crippen molar-refractivity contribution >= 4 is 28.3 Å². The van der Waals surface area contributed by atoms with Gasteiger partial charge < -0.3 is 19.6 Å². The second-order valence-corrected chi connectivity index (χ2v) is 12.8. The highest BCUT2D eigenvalue weighted by Gasteiger charge is 2.46. The minimum absolute atomic E-state index is 0.0443. The predicted molar refractivity (Wildman–Crippen MR) is 166 cm³/mol. The van der Waals surface area contributed by atoms with Crippen LogP contribution in [0.4, 0.5) is 5.13 Å². The van der Waals surface area contributed by atoms with Crippen molar-refractivity contribution in [2.75, 3.05) is 25.0 Å². The minimum atomic E-state index is -0.655. The molecular weight excluding hydrogens is 562 g/mol. The summed E-state index contributed by atoms with van der Waals surface area (Å²) in [6.45, 7) is 6.39. The molecule has 2 bridgehead atoms. The van der Waals surface area contributed by atoms with Crippen LogP contribution in [-0.2, 0) is 25.0 Å². The Morgan fingerprint density at radius 3 is 2.53 bits per heavy atom. The SMILES string of the molecule is Cc1ccc(OCc2ccc(C(=O)N(C)Cc3ccnn3C)cc2C)c(-c2csc(N3C[C@H]4CC[C@H](C3)C4C(=O)O)n2)c1. The van der Waals surface area contributed by atoms with E-state index in [1.54, 1.807) is 34.2 Å². The summed E-state index contributed by atoms with van der Waals surface area (Å²) in [6.07, 6.45) is 3.68. The van der Waals surface area contributed by atoms with Crippen LogP contribution in [0, 0.1) is 31.6 Å². The second kappa shape index (κ2) is 11.8. The summed E-state index contributed by atoms with van der Waals surface area (Å²) in [7, 11) is 3.67. The number of carboxylic acids is 1. The molecule has 1 amide bonds. The number of carbonyl (C=O) groups excluding carboxylic acids is 1. The number of rotatable bonds is 9. The van der Waals surface area contributed by atoms with E-state index >= 15 is 0 Å². The van der Waals surface area contributed by atoms with Gasteiger partial charge in [0, 0.05) is 49.9 Å². The first-order valence-corrected chi connectivity index (χ1v) is 15.5. The van der Waals surface area contributed by atoms with E-state index in [-0.39, 0.29) is 23.7 Å². The van der Waals surface area contributed by atoms with E-state index in [0.29, 0.717) is 18.7 Å². The van der Waals surface area contributed by atoms with E-state index in [2.05, 4.69) is 28.4 Å². The van der Waals surface area contributed by atoms with Crippen LogP contribution in [0.15, 0.2) is 54.0 Å². The number of hydrogen-bond acceptors (Lipinski definition) is 7. The molecule has 0 radical (unpaired) electrons. The normalized spacial score (nSPS) is 19.4. The molecule has 9 nitrogen and oxygen atoms in total. The highest BCUT2D eigenvalue weighted by atomic mass is 32.1. The Kier molecular flexibility index (Phi) is 7.96. The standard InChI is InChI=1S/C33H37N5O4S/c1-20-5-10-29(27(13-20)28-19-43-33(35-28)38-15-23-7-8-24(16-38)30(23)32(40)41)42-18-25-9-6-22(14-21(25)2)31(39)36(3)17-26-11-12-34-37(26)4/h5-6,9-14,19,23-24,30H,7-8,15-18H2,1-4H3,(H,40,41)/t23-,24-/m1/s1. The summed E-state index contributed by atoms with van der Waals surface area (Å²) in [5.74, 6) is 0.203. The topological polar surface area (TPSA) is 101 Å². The highest BCUT2D eigenvalue weighted by molar-refractivity contribution is 7.14. The van der Waals surface area contributed by atoms with Crippen LogP contribution in [0.3, 0.4) is 0 Å². The Bertz CT molecular complexity index is 1650. The number of ether oxygens (including phenoxy) is 1. The molecule has 1 N–H and O–H groups in total. The molecule has 6 rings (SSSR count). The average molecular weight is 600 g/mol. The number of nitrogens with zero attached hydrogens (tertiary/aromatic N) is 5. The maximum atomic E-state index is 13.1. The number of aliphatic carboxylic acids is 1. The molecule has 0 unspecified atom stereocenters. The summed E-state index contributed by atoms with van der Waals surface area (Å²) in [6, 6.07) is 13.8. The molecule has 224 valence electrons. The van der Waals surface area contributed by atoms with Crippen LogP contribution in [0.25, 0.3) is 11.3 Å². The lowest BCUT2D eigenvalue weighted by atomic mass is 9.85. The van der Waals surface area contributed by atoms with E-state index in [1.807, 2.05) is 50.4 Å². The third kappa shape index (κ3) is 5.88. The molecule has 1 saturated heterocycles. The number of benzene rings is 2. The number of anilines is 1. The fraction of sp³-hybridized carbons (Fsp3) is 0.394. The van der Waals surface area contributed by atoms with Crippen molar-refractivity contribution in [1.82, 2.24) is 19.7 Å². The molecule has 1 aliphatic heterocycles. The summed E-state index contributed by atoms with van der Waals surface area (Å²) < 4.78 is 8.14. The van der Waals surface area contributed by atoms with E-state index < -0.39 is 5.97 Å². The van der Waals surface area contributed by atoms with Gasteiger partial charge in [-0.25, -0.2) is 4.98 Å². The maximum Gasteiger partial charge on any atom is 0.307 e. The van der Waals surface area contributed by atoms with Crippen molar-refractivity contribution in [3.63, 3.8) is 0 Å². The van der Waals surface area contributed by atoms with Gasteiger partial charge in [0.25, 0.3) is 5.91 Å². The van der Waals surface area contributed by atoms with Gasteiger partial charge in [0.05, 0.1) is 23.9 Å². The predicted octanol–water partition coefficient (Wildman–Crippen LogP) is 5.56. The first-order valence-electron chi connectivity index (χ1n) is 14.7. The molecule has 0 spiro atoms. The molecule has 2 aliphatic rings. The Balaban J connectivity index is 1.14. The zero-order valence-corrected chi connectivity index (χ0v) is 25.8. The Morgan fingerprint density at radius 2 is 1.86 bits per heavy atom. The van der Waals surface area contributed by atoms with Crippen LogP contribution in [0.2, 0.25) is 0 Å². The van der Waals surface area contributed by atoms with Crippen molar-refractivity contribution in [2.45, 2.75) is 39.8 Å². The van der Waals surface area contributed by atoms with Gasteiger partial charge >= 0.3 is 5.97 Å². The number of carbonyl (C=O) groups is 2. The average Bonchev–Trinajstić information content (AvgIpc) is 3.70. The Morgan fingerprint density at radius 1 is 1.09 bits per heavy atom. The molecule has 2 atom stereocenters. The molecule has 3 heterocycles. The van der Waals surface area contributed by atoms with E-state index in [9.17, 15) is 14.7 Å². The van der Waals surface area contributed by atoms with E-state index in [1.165, 1.54) is 0 Å². The van der Waals surface area contributed by atoms with Crippen LogP contribution in [0.1, 0.15) is 45.6 Å². The molecule has 10 heteroatoms. The van der Waals surface area contributed by atoms with Crippen molar-refractivity contribution in [3.05, 3.63) is 82.0 Å². The summed E-state index contributed by atoms with van der Waals surface area (Å²) in [5.41, 5.74) is 6.52. The monoisotopic (exact) mass is 599 g/mol. The van der Waals surface area contributed by atoms with Gasteiger partial charge in [0.15, 0.2) is 5.13 Å². The van der Waals surface area contributed by atoms with E-state index in [4.69, 9.17) is 9.72 Å². The number of aryl methyl sites for hydroxylation is 3. The maximum absolute atomic E-state index is 13.1. The first-order chi connectivity index (χ1) is 20.7. The number of thiazole rings is 1. The van der Waals surface area contributed by atoms with Gasteiger partial charge in [-0.3, -0.25) is 14.3 Å². The van der Waals surface area contributed by atoms with Crippen LogP contribution < -0.4 is 9.64 Å². The van der Waals surface area contributed by atoms with Gasteiger partial charge in [0.1, 0.15) is 12.4 Å². The third-order valence-corrected chi connectivity index (χ3v) is 9.83. The van der Waals surface area contributed by atoms with Gasteiger partial charge in [-0.05, 0) is 80.0 Å². The van der Waals surface area contributed by atoms with Gasteiger partial charge in [-0.15, -0.1) is 11.3 Å². The molecular formula is C33H37N5O4S. The van der Waals surface area contributed by atoms with Crippen LogP contribution >= 0.6 is 11.3 Å². The number of carboxylic acid groups (broad SMARTS) is 1. The quantitative estimate of drug-likeness (QED) is 0.269. The fourth-order valence-corrected chi connectivity index (χ4v) is 7.37. The van der Waals surface area contributed by atoms with Crippen molar-refractivity contribution in [1.29, 1.82) is 0 Å². The largest absolute Gasteiger partial charge is 0.488 e. The lowest BCUT2D eigenvalue weighted by molar-refractivity contribution is -0.144. The smallest absolute Gasteiger partial charge is 0.307 e. The van der Waals surface area contributed by atoms with Crippen molar-refractivity contribution in [3.8, 4) is 17.0 Å². The number of piperidine rings is 1. The Hall–Kier alpha value is -4.18. The van der Waals surface area contributed by atoms with Gasteiger partial charge in [-0.2, -0.15) is 5.10 Å². The molecule has 2 aromatic carbocycles. The number of amides is 1. The Labute approximate surface area is 255 Å². The minimum Gasteiger partial charge on any atom is -0.488 e. The molecule has 1 saturated carbocycles. The zero-order valence-electron chi connectivity index (χ0n) is 25.0. The van der Waals surface area contributed by atoms with Crippen molar-refractivity contribution in [2.24, 2.45) is 24.8 Å². The third-order valence-electron chi connectivity index (χ3n) is 8.93. The lowest BCUT2D eigenvalue weighted by Gasteiger charge is -2.35. The molecule has 1 aliphatic carbocycles. The molecule has 2 aromatic heterocycles. The lowest BCUT2D eigenvalue weighted by Crippen LogP contribution is -2.44. The highest BCUT2D eigenvalue weighted by Crippen LogP contribution is 2.44. The number of aromatic nitrogens is 3. The summed E-state index contributed by atoms with van der Waals surface area (Å²) >= 11 is 1.60. The molecule has 43 heavy (non-hydrogen) atoms. The molecule has 4 aromatic rings. The van der Waals surface area contributed by atoms with E-state index in [0.717, 1.165) is 70.5 Å². The summed E-state index contributed by atoms with van der Waals surface area (Å²) in [5, 5.41) is 16.9. The summed E-state index contributed by atoms with van der Waals surface area (Å²) in [4.78, 5) is 33.8. The van der Waals surface area contributed by atoms with Gasteiger partial charge in [0.2, 0.25) is 0 Å². The second-order valence-electron chi connectivity index (χ2n) is 11.9. The molecule has 2 fully saturated rings. The van der Waals surface area contributed by atoms with Gasteiger partial charge in [-0.1, -0.05) is 17.7 Å². The zero-order chi connectivity index (χ0) is 30.2. The number of hydrogen-bond donors (Lipinski definition) is 1. The first kappa shape index (κ1) is 28.9. The fourth-order valence-electron chi connectivity index (χ4n) is 6.52.